The maximum atomic E-state index is 6.01. The molecule has 0 amide bonds. The second-order valence-electron chi connectivity index (χ2n) is 3.40. The van der Waals surface area contributed by atoms with E-state index in [1.807, 2.05) is 19.1 Å². The highest BCUT2D eigenvalue weighted by Crippen LogP contribution is 2.24. The van der Waals surface area contributed by atoms with Gasteiger partial charge in [-0.2, -0.15) is 0 Å². The van der Waals surface area contributed by atoms with Crippen LogP contribution in [0, 0.1) is 0 Å². The molecule has 2 aromatic heterocycles. The Kier molecular flexibility index (Phi) is 4.20. The Morgan fingerprint density at radius 3 is 2.76 bits per heavy atom. The Bertz CT molecular complexity index is 513. The maximum absolute atomic E-state index is 6.01. The molecule has 2 rings (SSSR count). The summed E-state index contributed by atoms with van der Waals surface area (Å²) >= 11 is 13.4. The lowest BCUT2D eigenvalue weighted by molar-refractivity contribution is 1.02. The van der Waals surface area contributed by atoms with Crippen molar-refractivity contribution in [1.29, 1.82) is 0 Å². The van der Waals surface area contributed by atoms with Crippen molar-refractivity contribution in [3.8, 4) is 0 Å². The summed E-state index contributed by atoms with van der Waals surface area (Å²) in [5, 5.41) is 3.76. The lowest BCUT2D eigenvalue weighted by Gasteiger charge is -2.09. The van der Waals surface area contributed by atoms with Crippen molar-refractivity contribution in [2.75, 3.05) is 5.32 Å². The minimum Gasteiger partial charge on any atom is -0.365 e. The van der Waals surface area contributed by atoms with Gasteiger partial charge in [-0.25, -0.2) is 9.97 Å². The van der Waals surface area contributed by atoms with Gasteiger partial charge in [0.15, 0.2) is 0 Å². The van der Waals surface area contributed by atoms with Crippen molar-refractivity contribution in [3.05, 3.63) is 38.4 Å². The quantitative estimate of drug-likeness (QED) is 0.863. The highest BCUT2D eigenvalue weighted by molar-refractivity contribution is 7.16. The van der Waals surface area contributed by atoms with E-state index in [0.717, 1.165) is 27.0 Å². The normalized spacial score (nSPS) is 10.5. The Labute approximate surface area is 114 Å². The van der Waals surface area contributed by atoms with Crippen LogP contribution in [0.2, 0.25) is 9.49 Å². The molecule has 0 aromatic carbocycles. The lowest BCUT2D eigenvalue weighted by Crippen LogP contribution is -2.04. The average Bonchev–Trinajstić information content (AvgIpc) is 2.72. The smallest absolute Gasteiger partial charge is 0.137 e. The fraction of sp³-hybridized carbons (Fsp3) is 0.273. The van der Waals surface area contributed by atoms with E-state index < -0.39 is 0 Å². The SMILES string of the molecule is CCc1c(Cl)ncnc1NCc1ccc(Cl)s1. The van der Waals surface area contributed by atoms with Crippen LogP contribution < -0.4 is 5.32 Å². The molecule has 3 nitrogen and oxygen atoms in total. The third-order valence-electron chi connectivity index (χ3n) is 2.31. The van der Waals surface area contributed by atoms with Crippen molar-refractivity contribution < 1.29 is 0 Å². The van der Waals surface area contributed by atoms with Crippen LogP contribution in [0.4, 0.5) is 5.82 Å². The van der Waals surface area contributed by atoms with Crippen molar-refractivity contribution in [2.45, 2.75) is 19.9 Å². The van der Waals surface area contributed by atoms with Gasteiger partial charge in [0.25, 0.3) is 0 Å². The minimum atomic E-state index is 0.509. The summed E-state index contributed by atoms with van der Waals surface area (Å²) in [6.07, 6.45) is 2.26. The number of halogens is 2. The molecule has 2 aromatic rings. The highest BCUT2D eigenvalue weighted by Gasteiger charge is 2.07. The van der Waals surface area contributed by atoms with Gasteiger partial charge < -0.3 is 5.32 Å². The van der Waals surface area contributed by atoms with Crippen LogP contribution in [0.25, 0.3) is 0 Å². The first kappa shape index (κ1) is 12.6. The van der Waals surface area contributed by atoms with Gasteiger partial charge in [-0.1, -0.05) is 30.1 Å². The van der Waals surface area contributed by atoms with Gasteiger partial charge in [-0.15, -0.1) is 11.3 Å². The molecule has 0 fully saturated rings. The van der Waals surface area contributed by atoms with E-state index in [1.54, 1.807) is 11.3 Å². The molecule has 1 N–H and O–H groups in total. The van der Waals surface area contributed by atoms with Crippen LogP contribution in [0.1, 0.15) is 17.4 Å². The molecule has 0 aliphatic rings. The number of rotatable bonds is 4. The van der Waals surface area contributed by atoms with Gasteiger partial charge in [-0.05, 0) is 18.6 Å². The van der Waals surface area contributed by atoms with Crippen LogP contribution >= 0.6 is 34.5 Å². The maximum Gasteiger partial charge on any atom is 0.137 e. The number of aromatic nitrogens is 2. The summed E-state index contributed by atoms with van der Waals surface area (Å²) in [5.41, 5.74) is 0.941. The molecule has 0 bridgehead atoms. The molecule has 0 aliphatic carbocycles. The zero-order valence-corrected chi connectivity index (χ0v) is 11.5. The van der Waals surface area contributed by atoms with Gasteiger partial charge in [0.05, 0.1) is 10.9 Å². The predicted octanol–water partition coefficient (Wildman–Crippen LogP) is 4.02. The van der Waals surface area contributed by atoms with E-state index in [1.165, 1.54) is 6.33 Å². The van der Waals surface area contributed by atoms with Gasteiger partial charge >= 0.3 is 0 Å². The van der Waals surface area contributed by atoms with Crippen LogP contribution in [-0.4, -0.2) is 9.97 Å². The third-order valence-corrected chi connectivity index (χ3v) is 3.86. The number of nitrogens with zero attached hydrogens (tertiary/aromatic N) is 2. The zero-order chi connectivity index (χ0) is 12.3. The van der Waals surface area contributed by atoms with E-state index in [4.69, 9.17) is 23.2 Å². The molecule has 0 saturated heterocycles. The predicted molar refractivity (Wildman–Crippen MR) is 73.1 cm³/mol. The number of hydrogen-bond donors (Lipinski definition) is 1. The van der Waals surface area contributed by atoms with E-state index in [2.05, 4.69) is 15.3 Å². The van der Waals surface area contributed by atoms with Crippen molar-refractivity contribution >= 4 is 40.4 Å². The molecular weight excluding hydrogens is 277 g/mol. The third kappa shape index (κ3) is 3.09. The summed E-state index contributed by atoms with van der Waals surface area (Å²) in [6.45, 7) is 2.72. The van der Waals surface area contributed by atoms with Crippen LogP contribution in [0.15, 0.2) is 18.5 Å². The van der Waals surface area contributed by atoms with E-state index in [9.17, 15) is 0 Å². The molecule has 6 heteroatoms. The number of nitrogens with one attached hydrogen (secondary N) is 1. The van der Waals surface area contributed by atoms with Crippen LogP contribution in [0.5, 0.6) is 0 Å². The average molecular weight is 288 g/mol. The molecule has 0 radical (unpaired) electrons. The number of thiophene rings is 1. The fourth-order valence-electron chi connectivity index (χ4n) is 1.47. The largest absolute Gasteiger partial charge is 0.365 e. The van der Waals surface area contributed by atoms with Gasteiger partial charge in [-0.3, -0.25) is 0 Å². The summed E-state index contributed by atoms with van der Waals surface area (Å²) in [6, 6.07) is 3.88. The summed E-state index contributed by atoms with van der Waals surface area (Å²) < 4.78 is 0.790. The van der Waals surface area contributed by atoms with Gasteiger partial charge in [0.1, 0.15) is 17.3 Å². The molecule has 0 aliphatic heterocycles. The summed E-state index contributed by atoms with van der Waals surface area (Å²) in [7, 11) is 0. The Morgan fingerprint density at radius 2 is 2.12 bits per heavy atom. The summed E-state index contributed by atoms with van der Waals surface area (Å²) in [4.78, 5) is 9.32. The topological polar surface area (TPSA) is 37.8 Å². The molecule has 90 valence electrons. The highest BCUT2D eigenvalue weighted by atomic mass is 35.5. The summed E-state index contributed by atoms with van der Waals surface area (Å²) in [5.74, 6) is 0.789. The first-order chi connectivity index (χ1) is 8.20. The molecule has 2 heterocycles. The minimum absolute atomic E-state index is 0.509. The number of anilines is 1. The van der Waals surface area contributed by atoms with E-state index >= 15 is 0 Å². The monoisotopic (exact) mass is 287 g/mol. The second kappa shape index (κ2) is 5.67. The Balaban J connectivity index is 2.11. The number of hydrogen-bond acceptors (Lipinski definition) is 4. The second-order valence-corrected chi connectivity index (χ2v) is 5.56. The lowest BCUT2D eigenvalue weighted by atomic mass is 10.2. The van der Waals surface area contributed by atoms with E-state index in [0.29, 0.717) is 11.7 Å². The van der Waals surface area contributed by atoms with Crippen molar-refractivity contribution in [1.82, 2.24) is 9.97 Å². The van der Waals surface area contributed by atoms with Crippen LogP contribution in [0.3, 0.4) is 0 Å². The fourth-order valence-corrected chi connectivity index (χ4v) is 2.77. The first-order valence-electron chi connectivity index (χ1n) is 5.18. The van der Waals surface area contributed by atoms with Crippen LogP contribution in [-0.2, 0) is 13.0 Å². The van der Waals surface area contributed by atoms with Crippen molar-refractivity contribution in [3.63, 3.8) is 0 Å². The van der Waals surface area contributed by atoms with Gasteiger partial charge in [0.2, 0.25) is 0 Å². The zero-order valence-electron chi connectivity index (χ0n) is 9.20. The standard InChI is InChI=1S/C11H11Cl2N3S/c1-2-8-10(13)15-6-16-11(8)14-5-7-3-4-9(12)17-7/h3-4,6H,2,5H2,1H3,(H,14,15,16). The Morgan fingerprint density at radius 1 is 1.29 bits per heavy atom. The molecule has 17 heavy (non-hydrogen) atoms. The molecule has 0 unspecified atom stereocenters. The van der Waals surface area contributed by atoms with Gasteiger partial charge in [0, 0.05) is 10.4 Å². The molecule has 0 spiro atoms. The molecule has 0 atom stereocenters. The molecule has 0 saturated carbocycles. The molecular formula is C11H11Cl2N3S. The van der Waals surface area contributed by atoms with E-state index in [-0.39, 0.29) is 0 Å². The first-order valence-corrected chi connectivity index (χ1v) is 6.75. The van der Waals surface area contributed by atoms with Crippen molar-refractivity contribution in [2.24, 2.45) is 0 Å². The Hall–Kier alpha value is -0.840.